The molecule has 0 saturated carbocycles. The van der Waals surface area contributed by atoms with Crippen molar-refractivity contribution in [1.82, 2.24) is 0 Å². The number of hydrogen-bond acceptors (Lipinski definition) is 4. The largest absolute Gasteiger partial charge is 0.455 e. The smallest absolute Gasteiger partial charge is 0.416 e. The van der Waals surface area contributed by atoms with Gasteiger partial charge in [0.1, 0.15) is 11.5 Å². The van der Waals surface area contributed by atoms with Gasteiger partial charge in [-0.3, -0.25) is 15.1 Å². The summed E-state index contributed by atoms with van der Waals surface area (Å²) in [5, 5.41) is 10.9. The van der Waals surface area contributed by atoms with E-state index in [1.807, 2.05) is 0 Å². The predicted octanol–water partition coefficient (Wildman–Crippen LogP) is 6.28. The molecule has 3 rings (SSSR count). The maximum absolute atomic E-state index is 12.7. The van der Waals surface area contributed by atoms with Gasteiger partial charge in [0.15, 0.2) is 0 Å². The monoisotopic (exact) mass is 394 g/mol. The third-order valence-corrected chi connectivity index (χ3v) is 3.88. The Morgan fingerprint density at radius 3 is 2.56 bits per heavy atom. The molecule has 5 nitrogen and oxygen atoms in total. The molecule has 1 heterocycles. The van der Waals surface area contributed by atoms with Gasteiger partial charge in [0.25, 0.3) is 5.69 Å². The maximum Gasteiger partial charge on any atom is 0.416 e. The van der Waals surface area contributed by atoms with Crippen LogP contribution in [0.3, 0.4) is 0 Å². The number of nitrogens with zero attached hydrogens (tertiary/aromatic N) is 2. The summed E-state index contributed by atoms with van der Waals surface area (Å²) in [6.07, 6.45) is -3.17. The van der Waals surface area contributed by atoms with Crippen molar-refractivity contribution in [3.05, 3.63) is 81.1 Å². The summed E-state index contributed by atoms with van der Waals surface area (Å²) in [7, 11) is 0. The van der Waals surface area contributed by atoms with Crippen molar-refractivity contribution in [1.29, 1.82) is 0 Å². The highest BCUT2D eigenvalue weighted by molar-refractivity contribution is 6.33. The lowest BCUT2D eigenvalue weighted by Gasteiger charge is -2.06. The highest BCUT2D eigenvalue weighted by Gasteiger charge is 2.30. The van der Waals surface area contributed by atoms with Crippen LogP contribution in [0.5, 0.6) is 0 Å². The molecule has 0 bridgehead atoms. The Morgan fingerprint density at radius 1 is 1.11 bits per heavy atom. The van der Waals surface area contributed by atoms with Crippen molar-refractivity contribution in [2.75, 3.05) is 0 Å². The van der Waals surface area contributed by atoms with Crippen molar-refractivity contribution < 1.29 is 22.5 Å². The van der Waals surface area contributed by atoms with Gasteiger partial charge in [0.05, 0.1) is 27.4 Å². The molecule has 0 fully saturated rings. The lowest BCUT2D eigenvalue weighted by molar-refractivity contribution is -0.384. The minimum absolute atomic E-state index is 0.121. The van der Waals surface area contributed by atoms with E-state index in [0.29, 0.717) is 11.3 Å². The van der Waals surface area contributed by atoms with Gasteiger partial charge in [-0.05, 0) is 36.4 Å². The van der Waals surface area contributed by atoms with Crippen LogP contribution in [0.4, 0.5) is 24.5 Å². The van der Waals surface area contributed by atoms with Crippen LogP contribution in [0.1, 0.15) is 11.3 Å². The fraction of sp³-hybridized carbons (Fsp3) is 0.0556. The van der Waals surface area contributed by atoms with Gasteiger partial charge in [-0.1, -0.05) is 17.7 Å². The van der Waals surface area contributed by atoms with E-state index >= 15 is 0 Å². The molecule has 0 aliphatic heterocycles. The van der Waals surface area contributed by atoms with Crippen LogP contribution in [0.2, 0.25) is 5.02 Å². The molecule has 0 spiro atoms. The van der Waals surface area contributed by atoms with E-state index in [1.165, 1.54) is 36.5 Å². The second kappa shape index (κ2) is 7.24. The Labute approximate surface area is 155 Å². The normalized spacial score (nSPS) is 11.9. The molecule has 2 aromatic carbocycles. The van der Waals surface area contributed by atoms with Crippen molar-refractivity contribution in [3.63, 3.8) is 0 Å². The van der Waals surface area contributed by atoms with E-state index in [0.717, 1.165) is 12.1 Å². The first kappa shape index (κ1) is 18.7. The molecule has 0 saturated heterocycles. The summed E-state index contributed by atoms with van der Waals surface area (Å²) in [4.78, 5) is 14.2. The number of rotatable bonds is 4. The molecule has 9 heteroatoms. The summed E-state index contributed by atoms with van der Waals surface area (Å²) in [5.74, 6) is 0.636. The molecule has 0 atom stereocenters. The van der Waals surface area contributed by atoms with Crippen LogP contribution in [0, 0.1) is 10.1 Å². The molecule has 0 unspecified atom stereocenters. The van der Waals surface area contributed by atoms with E-state index in [4.69, 9.17) is 16.0 Å². The zero-order chi connectivity index (χ0) is 19.6. The average Bonchev–Trinajstić information content (AvgIpc) is 3.08. The first-order valence-electron chi connectivity index (χ1n) is 7.49. The Morgan fingerprint density at radius 2 is 1.89 bits per heavy atom. The fourth-order valence-corrected chi connectivity index (χ4v) is 2.55. The van der Waals surface area contributed by atoms with Gasteiger partial charge in [0.2, 0.25) is 0 Å². The molecule has 0 aliphatic rings. The Bertz CT molecular complexity index is 1030. The Balaban J connectivity index is 1.83. The number of nitro benzene ring substituents is 1. The molecule has 0 amide bonds. The van der Waals surface area contributed by atoms with Gasteiger partial charge >= 0.3 is 6.18 Å². The third kappa shape index (κ3) is 4.35. The quantitative estimate of drug-likeness (QED) is 0.297. The molecule has 0 aliphatic carbocycles. The number of furan rings is 1. The maximum atomic E-state index is 12.7. The number of non-ortho nitro benzene ring substituents is 1. The molecule has 0 radical (unpaired) electrons. The van der Waals surface area contributed by atoms with Gasteiger partial charge in [0, 0.05) is 17.7 Å². The third-order valence-electron chi connectivity index (χ3n) is 3.57. The van der Waals surface area contributed by atoms with Crippen molar-refractivity contribution >= 4 is 29.2 Å². The first-order chi connectivity index (χ1) is 12.7. The van der Waals surface area contributed by atoms with Crippen LogP contribution in [0.15, 0.2) is 64.0 Å². The standard InChI is InChI=1S/C18H10ClF3N2O3/c19-16-9-13(24(25)26)4-6-15(16)17-7-5-14(27-17)10-23-12-3-1-2-11(8-12)18(20,21)22/h1-10H. The van der Waals surface area contributed by atoms with Crippen LogP contribution >= 0.6 is 11.6 Å². The van der Waals surface area contributed by atoms with E-state index in [9.17, 15) is 23.3 Å². The SMILES string of the molecule is O=[N+]([O-])c1ccc(-c2ccc(C=Nc3cccc(C(F)(F)F)c3)o2)c(Cl)c1. The van der Waals surface area contributed by atoms with Crippen LogP contribution < -0.4 is 0 Å². The molecule has 138 valence electrons. The minimum Gasteiger partial charge on any atom is -0.455 e. The van der Waals surface area contributed by atoms with Crippen molar-refractivity contribution in [2.24, 2.45) is 4.99 Å². The number of aliphatic imine (C=N–C) groups is 1. The zero-order valence-electron chi connectivity index (χ0n) is 13.4. The number of hydrogen-bond donors (Lipinski definition) is 0. The van der Waals surface area contributed by atoms with Crippen LogP contribution in [-0.2, 0) is 6.18 Å². The summed E-state index contributed by atoms with van der Waals surface area (Å²) >= 11 is 6.05. The molecular formula is C18H10ClF3N2O3. The molecule has 1 aromatic heterocycles. The van der Waals surface area contributed by atoms with E-state index in [-0.39, 0.29) is 22.2 Å². The number of halogens is 4. The highest BCUT2D eigenvalue weighted by atomic mass is 35.5. The summed E-state index contributed by atoms with van der Waals surface area (Å²) in [6, 6.07) is 11.7. The second-order valence-electron chi connectivity index (χ2n) is 5.43. The lowest BCUT2D eigenvalue weighted by Crippen LogP contribution is -2.03. The molecule has 0 N–H and O–H groups in total. The van der Waals surface area contributed by atoms with Crippen molar-refractivity contribution in [2.45, 2.75) is 6.18 Å². The Kier molecular flexibility index (Phi) is 5.00. The van der Waals surface area contributed by atoms with E-state index < -0.39 is 16.7 Å². The first-order valence-corrected chi connectivity index (χ1v) is 7.87. The van der Waals surface area contributed by atoms with Gasteiger partial charge in [-0.2, -0.15) is 13.2 Å². The average molecular weight is 395 g/mol. The summed E-state index contributed by atoms with van der Waals surface area (Å²) in [6.45, 7) is 0. The van der Waals surface area contributed by atoms with Gasteiger partial charge in [-0.15, -0.1) is 0 Å². The summed E-state index contributed by atoms with van der Waals surface area (Å²) in [5.41, 5.74) is -0.381. The lowest BCUT2D eigenvalue weighted by atomic mass is 10.1. The van der Waals surface area contributed by atoms with E-state index in [2.05, 4.69) is 4.99 Å². The highest BCUT2D eigenvalue weighted by Crippen LogP contribution is 2.33. The number of alkyl halides is 3. The van der Waals surface area contributed by atoms with Gasteiger partial charge in [-0.25, -0.2) is 0 Å². The van der Waals surface area contributed by atoms with Gasteiger partial charge < -0.3 is 4.42 Å². The summed E-state index contributed by atoms with van der Waals surface area (Å²) < 4.78 is 43.7. The number of benzene rings is 2. The second-order valence-corrected chi connectivity index (χ2v) is 5.84. The Hall–Kier alpha value is -3.13. The zero-order valence-corrected chi connectivity index (χ0v) is 14.2. The molecule has 27 heavy (non-hydrogen) atoms. The van der Waals surface area contributed by atoms with Crippen LogP contribution in [-0.4, -0.2) is 11.1 Å². The van der Waals surface area contributed by atoms with Crippen molar-refractivity contribution in [3.8, 4) is 11.3 Å². The van der Waals surface area contributed by atoms with E-state index in [1.54, 1.807) is 12.1 Å². The topological polar surface area (TPSA) is 68.6 Å². The molecular weight excluding hydrogens is 385 g/mol. The predicted molar refractivity (Wildman–Crippen MR) is 94.5 cm³/mol. The minimum atomic E-state index is -4.45. The number of nitro groups is 1. The molecule has 3 aromatic rings. The fourth-order valence-electron chi connectivity index (χ4n) is 2.29. The van der Waals surface area contributed by atoms with Crippen LogP contribution in [0.25, 0.3) is 11.3 Å².